The highest BCUT2D eigenvalue weighted by atomic mass is 32.1. The van der Waals surface area contributed by atoms with E-state index in [9.17, 15) is 10.1 Å². The Hall–Kier alpha value is -1.38. The molecule has 5 heteroatoms. The molecule has 1 unspecified atom stereocenters. The quantitative estimate of drug-likeness (QED) is 0.927. The summed E-state index contributed by atoms with van der Waals surface area (Å²) in [5.74, 6) is 0.00639. The first-order valence-corrected chi connectivity index (χ1v) is 9.10. The number of rotatable bonds is 4. The van der Waals surface area contributed by atoms with Crippen molar-refractivity contribution >= 4 is 17.2 Å². The lowest BCUT2D eigenvalue weighted by atomic mass is 9.83. The molecule has 2 aliphatic rings. The molecule has 118 valence electrons. The number of nitrogens with one attached hydrogen (secondary N) is 1. The van der Waals surface area contributed by atoms with Gasteiger partial charge in [0.2, 0.25) is 5.91 Å². The van der Waals surface area contributed by atoms with E-state index in [0.29, 0.717) is 12.6 Å². The van der Waals surface area contributed by atoms with E-state index >= 15 is 0 Å². The second kappa shape index (κ2) is 6.80. The van der Waals surface area contributed by atoms with Crippen molar-refractivity contribution in [1.82, 2.24) is 10.2 Å². The van der Waals surface area contributed by atoms with Gasteiger partial charge in [-0.05, 0) is 43.7 Å². The maximum absolute atomic E-state index is 12.4. The summed E-state index contributed by atoms with van der Waals surface area (Å²) in [5.41, 5.74) is -0.618. The first-order valence-electron chi connectivity index (χ1n) is 8.22. The molecule has 0 radical (unpaired) electrons. The number of hydrogen-bond donors (Lipinski definition) is 1. The standard InChI is InChI=1S/C17H23N3OS/c18-13-17(8-2-1-3-9-17)19-16(21)12-20-10-4-6-14(20)15-7-5-11-22-15/h5,7,11,14H,1-4,6,8-10,12H2,(H,19,21). The molecule has 0 spiro atoms. The molecule has 1 aromatic rings. The number of amides is 1. The van der Waals surface area contributed by atoms with Crippen molar-refractivity contribution in [3.05, 3.63) is 22.4 Å². The maximum atomic E-state index is 12.4. The number of thiophene rings is 1. The van der Waals surface area contributed by atoms with Gasteiger partial charge in [-0.1, -0.05) is 25.3 Å². The Kier molecular flexibility index (Phi) is 4.80. The highest BCUT2D eigenvalue weighted by molar-refractivity contribution is 7.10. The van der Waals surface area contributed by atoms with Gasteiger partial charge in [-0.25, -0.2) is 0 Å². The highest BCUT2D eigenvalue weighted by Crippen LogP contribution is 2.34. The Morgan fingerprint density at radius 3 is 2.91 bits per heavy atom. The summed E-state index contributed by atoms with van der Waals surface area (Å²) in [6.45, 7) is 1.38. The summed E-state index contributed by atoms with van der Waals surface area (Å²) < 4.78 is 0. The molecule has 1 saturated carbocycles. The lowest BCUT2D eigenvalue weighted by molar-refractivity contribution is -0.124. The van der Waals surface area contributed by atoms with Crippen molar-refractivity contribution in [1.29, 1.82) is 5.26 Å². The van der Waals surface area contributed by atoms with Gasteiger partial charge in [0.15, 0.2) is 0 Å². The third kappa shape index (κ3) is 3.34. The molecule has 0 bridgehead atoms. The molecule has 22 heavy (non-hydrogen) atoms. The number of likely N-dealkylation sites (tertiary alicyclic amines) is 1. The van der Waals surface area contributed by atoms with Gasteiger partial charge < -0.3 is 5.32 Å². The van der Waals surface area contributed by atoms with Gasteiger partial charge in [-0.2, -0.15) is 5.26 Å². The first kappa shape index (κ1) is 15.5. The summed E-state index contributed by atoms with van der Waals surface area (Å²) in [6.07, 6.45) is 7.10. The third-order valence-electron chi connectivity index (χ3n) is 4.88. The van der Waals surface area contributed by atoms with Crippen LogP contribution in [-0.4, -0.2) is 29.4 Å². The molecule has 1 saturated heterocycles. The number of nitrogens with zero attached hydrogens (tertiary/aromatic N) is 2. The van der Waals surface area contributed by atoms with Crippen LogP contribution in [0.1, 0.15) is 55.9 Å². The van der Waals surface area contributed by atoms with Crippen LogP contribution in [-0.2, 0) is 4.79 Å². The second-order valence-electron chi connectivity index (χ2n) is 6.45. The Morgan fingerprint density at radius 1 is 1.41 bits per heavy atom. The minimum Gasteiger partial charge on any atom is -0.337 e. The number of nitriles is 1. The Morgan fingerprint density at radius 2 is 2.23 bits per heavy atom. The molecule has 4 nitrogen and oxygen atoms in total. The summed E-state index contributed by atoms with van der Waals surface area (Å²) >= 11 is 1.76. The Labute approximate surface area is 136 Å². The monoisotopic (exact) mass is 317 g/mol. The number of hydrogen-bond acceptors (Lipinski definition) is 4. The number of carbonyl (C=O) groups is 1. The normalized spacial score (nSPS) is 24.8. The van der Waals surface area contributed by atoms with Gasteiger partial charge in [0.1, 0.15) is 5.54 Å². The number of carbonyl (C=O) groups excluding carboxylic acids is 1. The SMILES string of the molecule is N#CC1(NC(=O)CN2CCCC2c2cccs2)CCCCC1. The van der Waals surface area contributed by atoms with Crippen LogP contribution in [0.2, 0.25) is 0 Å². The summed E-state index contributed by atoms with van der Waals surface area (Å²) in [7, 11) is 0. The lowest BCUT2D eigenvalue weighted by Crippen LogP contribution is -2.51. The Bertz CT molecular complexity index is 543. The topological polar surface area (TPSA) is 56.1 Å². The van der Waals surface area contributed by atoms with Gasteiger partial charge in [0, 0.05) is 10.9 Å². The molecule has 1 atom stereocenters. The van der Waals surface area contributed by atoms with Gasteiger partial charge in [0.05, 0.1) is 12.6 Å². The van der Waals surface area contributed by atoms with E-state index in [1.165, 1.54) is 11.3 Å². The minimum atomic E-state index is -0.618. The lowest BCUT2D eigenvalue weighted by Gasteiger charge is -2.32. The second-order valence-corrected chi connectivity index (χ2v) is 7.43. The molecule has 1 amide bonds. The molecular formula is C17H23N3OS. The zero-order chi connectivity index (χ0) is 15.4. The van der Waals surface area contributed by atoms with Gasteiger partial charge >= 0.3 is 0 Å². The first-order chi connectivity index (χ1) is 10.7. The van der Waals surface area contributed by atoms with Crippen LogP contribution in [0, 0.1) is 11.3 Å². The largest absolute Gasteiger partial charge is 0.337 e. The molecule has 1 aliphatic carbocycles. The molecule has 1 aliphatic heterocycles. The van der Waals surface area contributed by atoms with Crippen LogP contribution in [0.3, 0.4) is 0 Å². The summed E-state index contributed by atoms with van der Waals surface area (Å²) in [5, 5.41) is 14.6. The smallest absolute Gasteiger partial charge is 0.235 e. The van der Waals surface area contributed by atoms with Gasteiger partial charge in [-0.3, -0.25) is 9.69 Å². The van der Waals surface area contributed by atoms with Crippen LogP contribution < -0.4 is 5.32 Å². The fourth-order valence-corrected chi connectivity index (χ4v) is 4.62. The fraction of sp³-hybridized carbons (Fsp3) is 0.647. The molecular weight excluding hydrogens is 294 g/mol. The summed E-state index contributed by atoms with van der Waals surface area (Å²) in [6, 6.07) is 6.96. The molecule has 1 aromatic heterocycles. The molecule has 0 aromatic carbocycles. The van der Waals surface area contributed by atoms with E-state index in [1.807, 2.05) is 0 Å². The summed E-state index contributed by atoms with van der Waals surface area (Å²) in [4.78, 5) is 16.1. The average Bonchev–Trinajstić information content (AvgIpc) is 3.19. The van der Waals surface area contributed by atoms with Crippen molar-refractivity contribution in [2.45, 2.75) is 56.5 Å². The van der Waals surface area contributed by atoms with Crippen LogP contribution in [0.5, 0.6) is 0 Å². The highest BCUT2D eigenvalue weighted by Gasteiger charge is 2.35. The molecule has 2 fully saturated rings. The van der Waals surface area contributed by atoms with E-state index < -0.39 is 5.54 Å². The van der Waals surface area contributed by atoms with Crippen LogP contribution in [0.4, 0.5) is 0 Å². The molecule has 3 rings (SSSR count). The van der Waals surface area contributed by atoms with E-state index in [2.05, 4.69) is 33.8 Å². The van der Waals surface area contributed by atoms with Crippen molar-refractivity contribution in [2.24, 2.45) is 0 Å². The fourth-order valence-electron chi connectivity index (χ4n) is 3.73. The van der Waals surface area contributed by atoms with Crippen molar-refractivity contribution in [2.75, 3.05) is 13.1 Å². The van der Waals surface area contributed by atoms with E-state index in [-0.39, 0.29) is 5.91 Å². The van der Waals surface area contributed by atoms with Crippen LogP contribution >= 0.6 is 11.3 Å². The predicted molar refractivity (Wildman–Crippen MR) is 87.4 cm³/mol. The van der Waals surface area contributed by atoms with E-state index in [0.717, 1.165) is 45.1 Å². The van der Waals surface area contributed by atoms with Crippen molar-refractivity contribution in [3.8, 4) is 6.07 Å². The maximum Gasteiger partial charge on any atom is 0.235 e. The van der Waals surface area contributed by atoms with E-state index in [1.54, 1.807) is 11.3 Å². The van der Waals surface area contributed by atoms with Crippen molar-refractivity contribution < 1.29 is 4.79 Å². The van der Waals surface area contributed by atoms with E-state index in [4.69, 9.17) is 0 Å². The molecule has 2 heterocycles. The van der Waals surface area contributed by atoms with Crippen LogP contribution in [0.25, 0.3) is 0 Å². The zero-order valence-corrected chi connectivity index (χ0v) is 13.7. The van der Waals surface area contributed by atoms with Crippen molar-refractivity contribution in [3.63, 3.8) is 0 Å². The minimum absolute atomic E-state index is 0.00639. The predicted octanol–water partition coefficient (Wildman–Crippen LogP) is 3.23. The third-order valence-corrected chi connectivity index (χ3v) is 5.86. The average molecular weight is 317 g/mol. The van der Waals surface area contributed by atoms with Gasteiger partial charge in [-0.15, -0.1) is 11.3 Å². The molecule has 1 N–H and O–H groups in total. The Balaban J connectivity index is 1.60. The van der Waals surface area contributed by atoms with Crippen LogP contribution in [0.15, 0.2) is 17.5 Å². The van der Waals surface area contributed by atoms with Gasteiger partial charge in [0.25, 0.3) is 0 Å². The zero-order valence-electron chi connectivity index (χ0n) is 12.9.